The second-order valence-electron chi connectivity index (χ2n) is 6.88. The van der Waals surface area contributed by atoms with E-state index in [4.69, 9.17) is 10.5 Å². The van der Waals surface area contributed by atoms with Gasteiger partial charge in [-0.2, -0.15) is 5.26 Å². The van der Waals surface area contributed by atoms with Crippen molar-refractivity contribution in [3.63, 3.8) is 0 Å². The first-order valence-corrected chi connectivity index (χ1v) is 8.80. The lowest BCUT2D eigenvalue weighted by atomic mass is 9.84. The number of hydrogen-bond acceptors (Lipinski definition) is 6. The quantitative estimate of drug-likeness (QED) is 0.866. The molecule has 0 aliphatic carbocycles. The summed E-state index contributed by atoms with van der Waals surface area (Å²) in [5, 5.41) is 9.64. The van der Waals surface area contributed by atoms with Crippen molar-refractivity contribution in [1.82, 2.24) is 14.5 Å². The van der Waals surface area contributed by atoms with E-state index in [-0.39, 0.29) is 17.0 Å². The SMILES string of the molecule is Cc1cc2c(c(=O)n1CCCN(C)C)[C@H](c1ccncc1)C(C#N)=C(N)O2. The number of fused-ring (bicyclic) bond motifs is 1. The number of aromatic nitrogens is 2. The zero-order valence-corrected chi connectivity index (χ0v) is 15.8. The molecule has 2 aromatic heterocycles. The molecule has 0 bridgehead atoms. The number of ether oxygens (including phenoxy) is 1. The van der Waals surface area contributed by atoms with Gasteiger partial charge in [-0.1, -0.05) is 0 Å². The van der Waals surface area contributed by atoms with E-state index in [0.29, 0.717) is 17.9 Å². The summed E-state index contributed by atoms with van der Waals surface area (Å²) in [6.45, 7) is 3.35. The average molecular weight is 365 g/mol. The van der Waals surface area contributed by atoms with E-state index >= 15 is 0 Å². The molecule has 27 heavy (non-hydrogen) atoms. The molecule has 7 heteroatoms. The molecule has 1 atom stereocenters. The number of aryl methyl sites for hydroxylation is 1. The summed E-state index contributed by atoms with van der Waals surface area (Å²) >= 11 is 0. The molecule has 0 saturated carbocycles. The van der Waals surface area contributed by atoms with Crippen LogP contribution in [0.5, 0.6) is 5.75 Å². The minimum absolute atomic E-state index is 0.0379. The van der Waals surface area contributed by atoms with Gasteiger partial charge in [0.1, 0.15) is 17.4 Å². The van der Waals surface area contributed by atoms with Gasteiger partial charge in [0.15, 0.2) is 0 Å². The highest BCUT2D eigenvalue weighted by Gasteiger charge is 2.34. The normalized spacial score (nSPS) is 16.0. The number of pyridine rings is 2. The maximum atomic E-state index is 13.3. The Hall–Kier alpha value is -3.11. The van der Waals surface area contributed by atoms with Gasteiger partial charge < -0.3 is 19.9 Å². The second kappa shape index (κ2) is 7.64. The highest BCUT2D eigenvalue weighted by molar-refractivity contribution is 5.54. The van der Waals surface area contributed by atoms with Crippen LogP contribution in [-0.2, 0) is 6.54 Å². The molecule has 2 N–H and O–H groups in total. The lowest BCUT2D eigenvalue weighted by molar-refractivity contribution is 0.375. The van der Waals surface area contributed by atoms with Gasteiger partial charge in [0, 0.05) is 30.7 Å². The molecule has 3 heterocycles. The monoisotopic (exact) mass is 365 g/mol. The summed E-state index contributed by atoms with van der Waals surface area (Å²) < 4.78 is 7.39. The molecular formula is C20H23N5O2. The van der Waals surface area contributed by atoms with Crippen LogP contribution in [0.3, 0.4) is 0 Å². The Kier molecular flexibility index (Phi) is 5.28. The van der Waals surface area contributed by atoms with Crippen LogP contribution < -0.4 is 16.0 Å². The number of hydrogen-bond donors (Lipinski definition) is 1. The lowest BCUT2D eigenvalue weighted by Crippen LogP contribution is -2.33. The molecule has 0 amide bonds. The van der Waals surface area contributed by atoms with Crippen molar-refractivity contribution in [2.24, 2.45) is 5.73 Å². The minimum Gasteiger partial charge on any atom is -0.440 e. The van der Waals surface area contributed by atoms with E-state index in [9.17, 15) is 10.1 Å². The largest absolute Gasteiger partial charge is 0.440 e. The molecule has 0 saturated heterocycles. The van der Waals surface area contributed by atoms with Gasteiger partial charge >= 0.3 is 0 Å². The molecule has 0 radical (unpaired) electrons. The summed E-state index contributed by atoms with van der Waals surface area (Å²) in [5.74, 6) is -0.106. The predicted molar refractivity (Wildman–Crippen MR) is 102 cm³/mol. The van der Waals surface area contributed by atoms with Crippen LogP contribution in [0.4, 0.5) is 0 Å². The van der Waals surface area contributed by atoms with Crippen molar-refractivity contribution in [3.8, 4) is 11.8 Å². The Morgan fingerprint density at radius 2 is 2.07 bits per heavy atom. The van der Waals surface area contributed by atoms with E-state index in [0.717, 1.165) is 24.2 Å². The molecular weight excluding hydrogens is 342 g/mol. The van der Waals surface area contributed by atoms with Crippen LogP contribution >= 0.6 is 0 Å². The molecule has 3 rings (SSSR count). The summed E-state index contributed by atoms with van der Waals surface area (Å²) in [5.41, 5.74) is 8.12. The van der Waals surface area contributed by atoms with Crippen LogP contribution in [-0.4, -0.2) is 35.1 Å². The molecule has 0 unspecified atom stereocenters. The summed E-state index contributed by atoms with van der Waals surface area (Å²) in [7, 11) is 4.01. The van der Waals surface area contributed by atoms with Crippen LogP contribution in [0.15, 0.2) is 46.8 Å². The summed E-state index contributed by atoms with van der Waals surface area (Å²) in [6, 6.07) is 7.52. The first kappa shape index (κ1) is 18.7. The highest BCUT2D eigenvalue weighted by atomic mass is 16.5. The Morgan fingerprint density at radius 1 is 1.37 bits per heavy atom. The molecule has 1 aliphatic rings. The van der Waals surface area contributed by atoms with E-state index in [1.54, 1.807) is 29.1 Å². The van der Waals surface area contributed by atoms with Crippen LogP contribution in [0.2, 0.25) is 0 Å². The molecule has 2 aromatic rings. The lowest BCUT2D eigenvalue weighted by Gasteiger charge is -2.27. The predicted octanol–water partition coefficient (Wildman–Crippen LogP) is 1.72. The first-order valence-electron chi connectivity index (χ1n) is 8.80. The smallest absolute Gasteiger partial charge is 0.258 e. The Balaban J connectivity index is 2.15. The Bertz CT molecular complexity index is 970. The van der Waals surface area contributed by atoms with Gasteiger partial charge in [0.2, 0.25) is 5.88 Å². The van der Waals surface area contributed by atoms with Gasteiger partial charge in [-0.25, -0.2) is 0 Å². The number of nitriles is 1. The topological polar surface area (TPSA) is 97.2 Å². The van der Waals surface area contributed by atoms with E-state index in [1.165, 1.54) is 0 Å². The van der Waals surface area contributed by atoms with Crippen molar-refractivity contribution < 1.29 is 4.74 Å². The van der Waals surface area contributed by atoms with Gasteiger partial charge in [0.05, 0.1) is 11.5 Å². The van der Waals surface area contributed by atoms with E-state index in [1.807, 2.05) is 27.1 Å². The number of nitrogens with zero attached hydrogens (tertiary/aromatic N) is 4. The fourth-order valence-electron chi connectivity index (χ4n) is 3.40. The van der Waals surface area contributed by atoms with Gasteiger partial charge in [0.25, 0.3) is 5.56 Å². The molecule has 0 aromatic carbocycles. The van der Waals surface area contributed by atoms with E-state index < -0.39 is 5.92 Å². The zero-order chi connectivity index (χ0) is 19.6. The third-order valence-electron chi connectivity index (χ3n) is 4.72. The van der Waals surface area contributed by atoms with Gasteiger partial charge in [-0.15, -0.1) is 0 Å². The molecule has 7 nitrogen and oxygen atoms in total. The Morgan fingerprint density at radius 3 is 2.70 bits per heavy atom. The molecule has 1 aliphatic heterocycles. The fourth-order valence-corrected chi connectivity index (χ4v) is 3.40. The molecule has 0 spiro atoms. The first-order chi connectivity index (χ1) is 12.9. The maximum Gasteiger partial charge on any atom is 0.258 e. The van der Waals surface area contributed by atoms with Gasteiger partial charge in [-0.05, 0) is 51.7 Å². The van der Waals surface area contributed by atoms with Gasteiger partial charge in [-0.3, -0.25) is 9.78 Å². The van der Waals surface area contributed by atoms with Crippen molar-refractivity contribution in [3.05, 3.63) is 69.2 Å². The fraction of sp³-hybridized carbons (Fsp3) is 0.350. The highest BCUT2D eigenvalue weighted by Crippen LogP contribution is 2.40. The Labute approximate surface area is 158 Å². The van der Waals surface area contributed by atoms with Crippen molar-refractivity contribution in [2.45, 2.75) is 25.8 Å². The average Bonchev–Trinajstić information content (AvgIpc) is 2.63. The number of rotatable bonds is 5. The number of nitrogens with two attached hydrogens (primary N) is 1. The standard InChI is InChI=1S/C20H23N5O2/c1-13-11-16-18(20(26)25(13)10-4-9-24(2)3)17(14-5-7-23-8-6-14)15(12-21)19(22)27-16/h5-8,11,17H,4,9-10,22H2,1-3H3/t17-/m1/s1. The van der Waals surface area contributed by atoms with E-state index in [2.05, 4.69) is 16.0 Å². The third kappa shape index (κ3) is 3.57. The second-order valence-corrected chi connectivity index (χ2v) is 6.88. The van der Waals surface area contributed by atoms with Crippen molar-refractivity contribution >= 4 is 0 Å². The maximum absolute atomic E-state index is 13.3. The van der Waals surface area contributed by atoms with Crippen LogP contribution in [0, 0.1) is 18.3 Å². The van der Waals surface area contributed by atoms with Crippen molar-refractivity contribution in [2.75, 3.05) is 20.6 Å². The zero-order valence-electron chi connectivity index (χ0n) is 15.8. The van der Waals surface area contributed by atoms with Crippen LogP contribution in [0.1, 0.15) is 29.2 Å². The third-order valence-corrected chi connectivity index (χ3v) is 4.72. The summed E-state index contributed by atoms with van der Waals surface area (Å²) in [6.07, 6.45) is 4.12. The number of allylic oxidation sites excluding steroid dienone is 1. The van der Waals surface area contributed by atoms with Crippen molar-refractivity contribution in [1.29, 1.82) is 5.26 Å². The minimum atomic E-state index is -0.560. The molecule has 140 valence electrons. The molecule has 0 fully saturated rings. The van der Waals surface area contributed by atoms with Crippen LogP contribution in [0.25, 0.3) is 0 Å². The summed E-state index contributed by atoms with van der Waals surface area (Å²) in [4.78, 5) is 19.5.